The Hall–Kier alpha value is -1.75. The molecule has 1 heterocycles. The van der Waals surface area contributed by atoms with Gasteiger partial charge in [-0.05, 0) is 32.4 Å². The molecular weight excluding hydrogens is 256 g/mol. The van der Waals surface area contributed by atoms with Crippen LogP contribution in [0.5, 0.6) is 5.75 Å². The van der Waals surface area contributed by atoms with E-state index in [2.05, 4.69) is 0 Å². The normalized spacial score (nSPS) is 19.9. The van der Waals surface area contributed by atoms with Gasteiger partial charge in [0.25, 0.3) is 5.91 Å². The minimum absolute atomic E-state index is 0.0797. The minimum atomic E-state index is -0.389. The number of carbonyl (C=O) groups excluding carboxylic acids is 1. The molecule has 110 valence electrons. The number of likely N-dealkylation sites (tertiary alicyclic amines) is 1. The van der Waals surface area contributed by atoms with Gasteiger partial charge in [-0.2, -0.15) is 0 Å². The molecule has 1 saturated heterocycles. The molecule has 3 N–H and O–H groups in total. The molecule has 2 rings (SSSR count). The number of benzene rings is 1. The molecule has 1 aromatic rings. The molecule has 1 aliphatic heterocycles. The average molecular weight is 278 g/mol. The SMILES string of the molecule is CCOc1c(N)cccc1C(=O)N1CCC(C(C)O)C1. The number of carbonyl (C=O) groups is 1. The van der Waals surface area contributed by atoms with Crippen LogP contribution >= 0.6 is 0 Å². The third-order valence-corrected chi connectivity index (χ3v) is 3.76. The fraction of sp³-hybridized carbons (Fsp3) is 0.533. The number of aliphatic hydroxyl groups excluding tert-OH is 1. The number of ether oxygens (including phenoxy) is 1. The number of amides is 1. The number of para-hydroxylation sites is 1. The summed E-state index contributed by atoms with van der Waals surface area (Å²) in [5.74, 6) is 0.528. The molecule has 1 fully saturated rings. The van der Waals surface area contributed by atoms with Gasteiger partial charge in [-0.15, -0.1) is 0 Å². The summed E-state index contributed by atoms with van der Waals surface area (Å²) in [4.78, 5) is 14.3. The summed E-state index contributed by atoms with van der Waals surface area (Å²) < 4.78 is 5.50. The Morgan fingerprint density at radius 3 is 2.95 bits per heavy atom. The number of hydrogen-bond acceptors (Lipinski definition) is 4. The van der Waals surface area contributed by atoms with E-state index in [0.29, 0.717) is 36.7 Å². The van der Waals surface area contributed by atoms with Crippen molar-refractivity contribution >= 4 is 11.6 Å². The maximum Gasteiger partial charge on any atom is 0.257 e. The molecule has 0 aromatic heterocycles. The van der Waals surface area contributed by atoms with Crippen LogP contribution in [-0.4, -0.2) is 41.7 Å². The first-order chi connectivity index (χ1) is 9.54. The third kappa shape index (κ3) is 2.88. The molecule has 2 unspecified atom stereocenters. The first-order valence-electron chi connectivity index (χ1n) is 7.03. The summed E-state index contributed by atoms with van der Waals surface area (Å²) >= 11 is 0. The Kier molecular flexibility index (Phi) is 4.49. The van der Waals surface area contributed by atoms with Gasteiger partial charge < -0.3 is 20.5 Å². The topological polar surface area (TPSA) is 75.8 Å². The van der Waals surface area contributed by atoms with Crippen LogP contribution in [0, 0.1) is 5.92 Å². The van der Waals surface area contributed by atoms with Crippen LogP contribution in [0.2, 0.25) is 0 Å². The number of hydrogen-bond donors (Lipinski definition) is 2. The highest BCUT2D eigenvalue weighted by atomic mass is 16.5. The average Bonchev–Trinajstić information content (AvgIpc) is 2.90. The largest absolute Gasteiger partial charge is 0.491 e. The van der Waals surface area contributed by atoms with Crippen molar-refractivity contribution in [3.05, 3.63) is 23.8 Å². The lowest BCUT2D eigenvalue weighted by molar-refractivity contribution is 0.0758. The summed E-state index contributed by atoms with van der Waals surface area (Å²) in [6.07, 6.45) is 0.440. The predicted octanol–water partition coefficient (Wildman–Crippen LogP) is 1.51. The summed E-state index contributed by atoms with van der Waals surface area (Å²) in [6.45, 7) is 5.33. The highest BCUT2D eigenvalue weighted by Gasteiger charge is 2.31. The first kappa shape index (κ1) is 14.7. The van der Waals surface area contributed by atoms with Crippen LogP contribution in [0.1, 0.15) is 30.6 Å². The zero-order valence-electron chi connectivity index (χ0n) is 12.0. The molecule has 1 aromatic carbocycles. The number of nitrogens with zero attached hydrogens (tertiary/aromatic N) is 1. The third-order valence-electron chi connectivity index (χ3n) is 3.76. The Bertz CT molecular complexity index is 488. The van der Waals surface area contributed by atoms with Crippen molar-refractivity contribution in [2.45, 2.75) is 26.4 Å². The molecule has 0 saturated carbocycles. The molecular formula is C15H22N2O3. The Labute approximate surface area is 119 Å². The Balaban J connectivity index is 2.20. The maximum absolute atomic E-state index is 12.6. The number of anilines is 1. The zero-order chi connectivity index (χ0) is 14.7. The van der Waals surface area contributed by atoms with Crippen molar-refractivity contribution < 1.29 is 14.6 Å². The minimum Gasteiger partial charge on any atom is -0.491 e. The van der Waals surface area contributed by atoms with Gasteiger partial charge >= 0.3 is 0 Å². The van der Waals surface area contributed by atoms with Crippen molar-refractivity contribution in [3.63, 3.8) is 0 Å². The fourth-order valence-corrected chi connectivity index (χ4v) is 2.56. The van der Waals surface area contributed by atoms with Gasteiger partial charge in [0.1, 0.15) is 0 Å². The molecule has 20 heavy (non-hydrogen) atoms. The predicted molar refractivity (Wildman–Crippen MR) is 77.7 cm³/mol. The van der Waals surface area contributed by atoms with Gasteiger partial charge in [-0.25, -0.2) is 0 Å². The van der Waals surface area contributed by atoms with Gasteiger partial charge in [-0.3, -0.25) is 4.79 Å². The van der Waals surface area contributed by atoms with Crippen LogP contribution in [0.4, 0.5) is 5.69 Å². The summed E-state index contributed by atoms with van der Waals surface area (Å²) in [7, 11) is 0. The van der Waals surface area contributed by atoms with Crippen LogP contribution in [0.3, 0.4) is 0 Å². The lowest BCUT2D eigenvalue weighted by Crippen LogP contribution is -2.30. The van der Waals surface area contributed by atoms with Gasteiger partial charge in [0.15, 0.2) is 5.75 Å². The molecule has 0 aliphatic carbocycles. The lowest BCUT2D eigenvalue weighted by atomic mass is 10.0. The quantitative estimate of drug-likeness (QED) is 0.819. The van der Waals surface area contributed by atoms with E-state index in [-0.39, 0.29) is 17.9 Å². The maximum atomic E-state index is 12.6. The lowest BCUT2D eigenvalue weighted by Gasteiger charge is -2.20. The summed E-state index contributed by atoms with van der Waals surface area (Å²) in [5.41, 5.74) is 6.86. The van der Waals surface area contributed by atoms with E-state index in [4.69, 9.17) is 10.5 Å². The van der Waals surface area contributed by atoms with E-state index in [1.807, 2.05) is 6.92 Å². The van der Waals surface area contributed by atoms with E-state index in [1.54, 1.807) is 30.0 Å². The number of aliphatic hydroxyl groups is 1. The molecule has 5 nitrogen and oxygen atoms in total. The van der Waals surface area contributed by atoms with Crippen LogP contribution in [-0.2, 0) is 0 Å². The van der Waals surface area contributed by atoms with Crippen molar-refractivity contribution in [2.75, 3.05) is 25.4 Å². The Morgan fingerprint density at radius 2 is 2.35 bits per heavy atom. The first-order valence-corrected chi connectivity index (χ1v) is 7.03. The second-order valence-electron chi connectivity index (χ2n) is 5.20. The second-order valence-corrected chi connectivity index (χ2v) is 5.20. The van der Waals surface area contributed by atoms with E-state index < -0.39 is 0 Å². The number of nitrogen functional groups attached to an aromatic ring is 1. The zero-order valence-corrected chi connectivity index (χ0v) is 12.0. The Morgan fingerprint density at radius 1 is 1.60 bits per heavy atom. The molecule has 2 atom stereocenters. The summed E-state index contributed by atoms with van der Waals surface area (Å²) in [6, 6.07) is 5.22. The second kappa shape index (κ2) is 6.13. The highest BCUT2D eigenvalue weighted by Crippen LogP contribution is 2.29. The molecule has 0 bridgehead atoms. The van der Waals surface area contributed by atoms with Gasteiger partial charge in [0.2, 0.25) is 0 Å². The molecule has 1 amide bonds. The fourth-order valence-electron chi connectivity index (χ4n) is 2.56. The van der Waals surface area contributed by atoms with Crippen molar-refractivity contribution in [2.24, 2.45) is 5.92 Å². The van der Waals surface area contributed by atoms with Gasteiger partial charge in [0, 0.05) is 19.0 Å². The van der Waals surface area contributed by atoms with E-state index in [9.17, 15) is 9.90 Å². The van der Waals surface area contributed by atoms with Gasteiger partial charge in [0.05, 0.1) is 24.0 Å². The molecule has 1 aliphatic rings. The summed E-state index contributed by atoms with van der Waals surface area (Å²) in [5, 5.41) is 9.62. The number of rotatable bonds is 4. The van der Waals surface area contributed by atoms with Crippen LogP contribution in [0.15, 0.2) is 18.2 Å². The highest BCUT2D eigenvalue weighted by molar-refractivity contribution is 5.98. The molecule has 0 spiro atoms. The monoisotopic (exact) mass is 278 g/mol. The smallest absolute Gasteiger partial charge is 0.257 e. The van der Waals surface area contributed by atoms with Crippen molar-refractivity contribution in [3.8, 4) is 5.75 Å². The van der Waals surface area contributed by atoms with E-state index >= 15 is 0 Å². The molecule has 5 heteroatoms. The van der Waals surface area contributed by atoms with Crippen LogP contribution in [0.25, 0.3) is 0 Å². The van der Waals surface area contributed by atoms with Gasteiger partial charge in [-0.1, -0.05) is 6.07 Å². The van der Waals surface area contributed by atoms with E-state index in [1.165, 1.54) is 0 Å². The van der Waals surface area contributed by atoms with Crippen molar-refractivity contribution in [1.29, 1.82) is 0 Å². The standard InChI is InChI=1S/C15H22N2O3/c1-3-20-14-12(5-4-6-13(14)16)15(19)17-8-7-11(9-17)10(2)18/h4-6,10-11,18H,3,7-9,16H2,1-2H3. The van der Waals surface area contributed by atoms with Crippen LogP contribution < -0.4 is 10.5 Å². The number of nitrogens with two attached hydrogens (primary N) is 1. The van der Waals surface area contributed by atoms with E-state index in [0.717, 1.165) is 6.42 Å². The van der Waals surface area contributed by atoms with Crippen molar-refractivity contribution in [1.82, 2.24) is 4.90 Å². The molecule has 0 radical (unpaired) electrons.